The van der Waals surface area contributed by atoms with E-state index in [0.717, 1.165) is 0 Å². The van der Waals surface area contributed by atoms with Crippen LogP contribution in [0.2, 0.25) is 5.02 Å². The number of carboxylic acids is 1. The lowest BCUT2D eigenvalue weighted by Gasteiger charge is -2.14. The number of hydrogen-bond donors (Lipinski definition) is 2. The summed E-state index contributed by atoms with van der Waals surface area (Å²) in [5.74, 6) is -0.943. The highest BCUT2D eigenvalue weighted by molar-refractivity contribution is 6.30. The molecule has 0 aliphatic rings. The third-order valence-electron chi connectivity index (χ3n) is 2.14. The number of aliphatic carboxylic acids is 1. The SMILES string of the molecule is CCC(Nc1ccc(Cl)cc1C#N)C(=O)O. The number of nitrogens with one attached hydrogen (secondary N) is 1. The number of halogens is 1. The molecule has 0 radical (unpaired) electrons. The molecule has 0 saturated carbocycles. The van der Waals surface area contributed by atoms with E-state index in [1.54, 1.807) is 19.1 Å². The van der Waals surface area contributed by atoms with Gasteiger partial charge >= 0.3 is 5.97 Å². The van der Waals surface area contributed by atoms with Crippen LogP contribution in [0.4, 0.5) is 5.69 Å². The minimum atomic E-state index is -0.943. The fourth-order valence-electron chi connectivity index (χ4n) is 1.26. The van der Waals surface area contributed by atoms with Crippen molar-refractivity contribution in [3.05, 3.63) is 28.8 Å². The quantitative estimate of drug-likeness (QED) is 0.845. The van der Waals surface area contributed by atoms with E-state index in [0.29, 0.717) is 22.7 Å². The van der Waals surface area contributed by atoms with Crippen LogP contribution in [0, 0.1) is 11.3 Å². The van der Waals surface area contributed by atoms with E-state index in [4.69, 9.17) is 22.0 Å². The van der Waals surface area contributed by atoms with Crippen molar-refractivity contribution in [1.82, 2.24) is 0 Å². The van der Waals surface area contributed by atoms with Crippen molar-refractivity contribution in [1.29, 1.82) is 5.26 Å². The van der Waals surface area contributed by atoms with Crippen molar-refractivity contribution in [2.45, 2.75) is 19.4 Å². The molecular weight excluding hydrogens is 228 g/mol. The Balaban J connectivity index is 2.97. The van der Waals surface area contributed by atoms with Crippen LogP contribution in [-0.2, 0) is 4.79 Å². The summed E-state index contributed by atoms with van der Waals surface area (Å²) in [4.78, 5) is 10.8. The molecule has 0 fully saturated rings. The van der Waals surface area contributed by atoms with Gasteiger partial charge in [-0.05, 0) is 24.6 Å². The van der Waals surface area contributed by atoms with Gasteiger partial charge in [0.15, 0.2) is 0 Å². The molecule has 1 aromatic carbocycles. The van der Waals surface area contributed by atoms with E-state index < -0.39 is 12.0 Å². The number of carboxylic acid groups (broad SMARTS) is 1. The largest absolute Gasteiger partial charge is 0.480 e. The number of benzene rings is 1. The molecule has 84 valence electrons. The molecular formula is C11H11ClN2O2. The Kier molecular flexibility index (Phi) is 4.15. The maximum absolute atomic E-state index is 10.8. The van der Waals surface area contributed by atoms with E-state index in [2.05, 4.69) is 5.32 Å². The maximum atomic E-state index is 10.8. The average Bonchev–Trinajstić information content (AvgIpc) is 2.26. The van der Waals surface area contributed by atoms with Gasteiger partial charge in [-0.1, -0.05) is 18.5 Å². The zero-order valence-electron chi connectivity index (χ0n) is 8.70. The van der Waals surface area contributed by atoms with E-state index in [1.807, 2.05) is 6.07 Å². The Labute approximate surface area is 98.5 Å². The molecule has 16 heavy (non-hydrogen) atoms. The number of nitriles is 1. The minimum Gasteiger partial charge on any atom is -0.480 e. The second-order valence-electron chi connectivity index (χ2n) is 3.25. The molecule has 0 saturated heterocycles. The van der Waals surface area contributed by atoms with Gasteiger partial charge in [-0.15, -0.1) is 0 Å². The number of carbonyl (C=O) groups is 1. The van der Waals surface area contributed by atoms with Crippen molar-refractivity contribution in [2.75, 3.05) is 5.32 Å². The van der Waals surface area contributed by atoms with Crippen LogP contribution in [-0.4, -0.2) is 17.1 Å². The topological polar surface area (TPSA) is 73.1 Å². The van der Waals surface area contributed by atoms with Crippen molar-refractivity contribution in [2.24, 2.45) is 0 Å². The van der Waals surface area contributed by atoms with Crippen LogP contribution in [0.15, 0.2) is 18.2 Å². The number of anilines is 1. The van der Waals surface area contributed by atoms with E-state index >= 15 is 0 Å². The third kappa shape index (κ3) is 2.88. The Hall–Kier alpha value is -1.73. The molecule has 0 bridgehead atoms. The predicted molar refractivity (Wildman–Crippen MR) is 61.5 cm³/mol. The van der Waals surface area contributed by atoms with Crippen LogP contribution < -0.4 is 5.32 Å². The van der Waals surface area contributed by atoms with E-state index in [9.17, 15) is 4.79 Å². The van der Waals surface area contributed by atoms with Crippen LogP contribution in [0.1, 0.15) is 18.9 Å². The van der Waals surface area contributed by atoms with Gasteiger partial charge in [0.2, 0.25) is 0 Å². The van der Waals surface area contributed by atoms with Crippen molar-refractivity contribution in [3.8, 4) is 6.07 Å². The normalized spacial score (nSPS) is 11.6. The summed E-state index contributed by atoms with van der Waals surface area (Å²) in [6.07, 6.45) is 0.433. The molecule has 1 atom stereocenters. The zero-order chi connectivity index (χ0) is 12.1. The first-order valence-electron chi connectivity index (χ1n) is 4.77. The first-order valence-corrected chi connectivity index (χ1v) is 5.15. The smallest absolute Gasteiger partial charge is 0.326 e. The number of hydrogen-bond acceptors (Lipinski definition) is 3. The molecule has 0 aliphatic carbocycles. The standard InChI is InChI=1S/C11H11ClN2O2/c1-2-9(11(15)16)14-10-4-3-8(12)5-7(10)6-13/h3-5,9,14H,2H2,1H3,(H,15,16). The molecule has 1 aromatic rings. The van der Waals surface area contributed by atoms with E-state index in [1.165, 1.54) is 6.07 Å². The van der Waals surface area contributed by atoms with Crippen LogP contribution in [0.25, 0.3) is 0 Å². The Morgan fingerprint density at radius 3 is 2.88 bits per heavy atom. The van der Waals surface area contributed by atoms with E-state index in [-0.39, 0.29) is 0 Å². The van der Waals surface area contributed by atoms with Gasteiger partial charge in [-0.25, -0.2) is 4.79 Å². The summed E-state index contributed by atoms with van der Waals surface area (Å²) in [5.41, 5.74) is 0.827. The number of rotatable bonds is 4. The summed E-state index contributed by atoms with van der Waals surface area (Å²) in [5, 5.41) is 21.0. The molecule has 0 heterocycles. The number of nitrogens with zero attached hydrogens (tertiary/aromatic N) is 1. The van der Waals surface area contributed by atoms with Gasteiger partial charge in [0.1, 0.15) is 12.1 Å². The van der Waals surface area contributed by atoms with Crippen LogP contribution in [0.3, 0.4) is 0 Å². The lowest BCUT2D eigenvalue weighted by Crippen LogP contribution is -2.28. The Morgan fingerprint density at radius 2 is 2.38 bits per heavy atom. The molecule has 4 nitrogen and oxygen atoms in total. The molecule has 0 aromatic heterocycles. The Morgan fingerprint density at radius 1 is 1.69 bits per heavy atom. The lowest BCUT2D eigenvalue weighted by atomic mass is 10.1. The Bertz CT molecular complexity index is 440. The van der Waals surface area contributed by atoms with Gasteiger partial charge in [0, 0.05) is 5.02 Å². The maximum Gasteiger partial charge on any atom is 0.326 e. The highest BCUT2D eigenvalue weighted by Gasteiger charge is 2.15. The summed E-state index contributed by atoms with van der Waals surface area (Å²) in [6.45, 7) is 1.76. The highest BCUT2D eigenvalue weighted by Crippen LogP contribution is 2.21. The van der Waals surface area contributed by atoms with Crippen LogP contribution in [0.5, 0.6) is 0 Å². The predicted octanol–water partition coefficient (Wildman–Crippen LogP) is 2.49. The molecule has 2 N–H and O–H groups in total. The highest BCUT2D eigenvalue weighted by atomic mass is 35.5. The van der Waals surface area contributed by atoms with Gasteiger partial charge in [-0.2, -0.15) is 5.26 Å². The van der Waals surface area contributed by atoms with Crippen molar-refractivity contribution in [3.63, 3.8) is 0 Å². The molecule has 1 unspecified atom stereocenters. The summed E-state index contributed by atoms with van der Waals surface area (Å²) < 4.78 is 0. The minimum absolute atomic E-state index is 0.340. The van der Waals surface area contributed by atoms with Gasteiger partial charge in [-0.3, -0.25) is 0 Å². The molecule has 0 amide bonds. The summed E-state index contributed by atoms with van der Waals surface area (Å²) in [6, 6.07) is 5.98. The van der Waals surface area contributed by atoms with Crippen molar-refractivity contribution < 1.29 is 9.90 Å². The molecule has 0 aliphatic heterocycles. The third-order valence-corrected chi connectivity index (χ3v) is 2.37. The lowest BCUT2D eigenvalue weighted by molar-refractivity contribution is -0.137. The fraction of sp³-hybridized carbons (Fsp3) is 0.273. The monoisotopic (exact) mass is 238 g/mol. The average molecular weight is 239 g/mol. The van der Waals surface area contributed by atoms with Crippen LogP contribution >= 0.6 is 11.6 Å². The molecule has 1 rings (SSSR count). The van der Waals surface area contributed by atoms with Crippen molar-refractivity contribution >= 4 is 23.3 Å². The first-order chi connectivity index (χ1) is 7.58. The first kappa shape index (κ1) is 12.3. The summed E-state index contributed by atoms with van der Waals surface area (Å²) in [7, 11) is 0. The molecule has 5 heteroatoms. The van der Waals surface area contributed by atoms with Gasteiger partial charge in [0.25, 0.3) is 0 Å². The second-order valence-corrected chi connectivity index (χ2v) is 3.68. The summed E-state index contributed by atoms with van der Waals surface area (Å²) >= 11 is 5.73. The van der Waals surface area contributed by atoms with Gasteiger partial charge < -0.3 is 10.4 Å². The molecule has 0 spiro atoms. The second kappa shape index (κ2) is 5.38. The fourth-order valence-corrected chi connectivity index (χ4v) is 1.43. The zero-order valence-corrected chi connectivity index (χ0v) is 9.45. The van der Waals surface area contributed by atoms with Gasteiger partial charge in [0.05, 0.1) is 11.3 Å².